The monoisotopic (exact) mass is 538 g/mol. The number of benzene rings is 1. The van der Waals surface area contributed by atoms with E-state index in [1.54, 1.807) is 0 Å². The number of nitrogens with zero attached hydrogens (tertiary/aromatic N) is 2. The van der Waals surface area contributed by atoms with Gasteiger partial charge in [-0.15, -0.1) is 0 Å². The molecule has 1 heterocycles. The Morgan fingerprint density at radius 2 is 1.69 bits per heavy atom. The molecule has 200 valence electrons. The number of alkyl halides is 6. The van der Waals surface area contributed by atoms with Crippen LogP contribution in [0.5, 0.6) is 0 Å². The molecule has 1 unspecified atom stereocenters. The summed E-state index contributed by atoms with van der Waals surface area (Å²) in [6.45, 7) is 1.46. The topological polar surface area (TPSA) is 49.9 Å². The minimum absolute atomic E-state index is 0.227. The van der Waals surface area contributed by atoms with Crippen molar-refractivity contribution < 1.29 is 39.5 Å². The molecule has 0 radical (unpaired) electrons. The first-order valence-electron chi connectivity index (χ1n) is 11.7. The summed E-state index contributed by atoms with van der Waals surface area (Å²) in [5.41, 5.74) is -2.61. The summed E-state index contributed by atoms with van der Waals surface area (Å²) in [4.78, 5) is 1.68. The van der Waals surface area contributed by atoms with Gasteiger partial charge in [0.05, 0.1) is 10.5 Å². The molecule has 2 fully saturated rings. The maximum absolute atomic E-state index is 13.4. The second kappa shape index (κ2) is 9.77. The number of halogens is 6. The highest BCUT2D eigenvalue weighted by Gasteiger charge is 2.53. The van der Waals surface area contributed by atoms with Crippen molar-refractivity contribution in [3.63, 3.8) is 0 Å². The molecule has 1 atom stereocenters. The van der Waals surface area contributed by atoms with E-state index in [-0.39, 0.29) is 23.4 Å². The standard InChI is InChI=1S/C24H28F6N2O3S/c1-35-22(24(28,29)30)11-7-17(8-12-22)16-31-13-9-20(10-14-31)32(19-5-6-19)36(33,34)21-4-2-3-18(15-21)23(25,26)27/h2-4,7-8,11,15,19-20H,5-6,9-10,12-14,16H2,1H3. The van der Waals surface area contributed by atoms with Crippen molar-refractivity contribution >= 4 is 10.0 Å². The second-order valence-electron chi connectivity index (χ2n) is 9.51. The number of hydrogen-bond acceptors (Lipinski definition) is 4. The summed E-state index contributed by atoms with van der Waals surface area (Å²) >= 11 is 0. The van der Waals surface area contributed by atoms with Crippen molar-refractivity contribution in [3.8, 4) is 0 Å². The highest BCUT2D eigenvalue weighted by Crippen LogP contribution is 2.41. The third-order valence-electron chi connectivity index (χ3n) is 7.04. The molecule has 1 aliphatic heterocycles. The van der Waals surface area contributed by atoms with Crippen LogP contribution in [0.25, 0.3) is 0 Å². The second-order valence-corrected chi connectivity index (χ2v) is 11.4. The van der Waals surface area contributed by atoms with Crippen LogP contribution in [0.4, 0.5) is 26.3 Å². The Balaban J connectivity index is 1.41. The lowest BCUT2D eigenvalue weighted by atomic mass is 9.90. The third-order valence-corrected chi connectivity index (χ3v) is 9.05. The summed E-state index contributed by atoms with van der Waals surface area (Å²) in [6, 6.07) is 3.25. The molecule has 1 aromatic carbocycles. The summed E-state index contributed by atoms with van der Waals surface area (Å²) in [5, 5.41) is 0. The van der Waals surface area contributed by atoms with E-state index in [2.05, 4.69) is 0 Å². The lowest BCUT2D eigenvalue weighted by Crippen LogP contribution is -2.49. The maximum atomic E-state index is 13.4. The third kappa shape index (κ3) is 5.51. The zero-order chi connectivity index (χ0) is 26.4. The molecule has 0 aromatic heterocycles. The molecule has 36 heavy (non-hydrogen) atoms. The molecule has 5 nitrogen and oxygen atoms in total. The number of sulfonamides is 1. The van der Waals surface area contributed by atoms with Gasteiger partial charge >= 0.3 is 12.4 Å². The highest BCUT2D eigenvalue weighted by atomic mass is 32.2. The number of piperidine rings is 1. The lowest BCUT2D eigenvalue weighted by molar-refractivity contribution is -0.248. The van der Waals surface area contributed by atoms with Gasteiger partial charge in [0.2, 0.25) is 10.0 Å². The molecule has 3 aliphatic rings. The van der Waals surface area contributed by atoms with Crippen molar-refractivity contribution in [3.05, 3.63) is 53.6 Å². The van der Waals surface area contributed by atoms with E-state index >= 15 is 0 Å². The molecule has 1 aromatic rings. The molecule has 12 heteroatoms. The quantitative estimate of drug-likeness (QED) is 0.451. The molecule has 0 N–H and O–H groups in total. The van der Waals surface area contributed by atoms with E-state index in [0.717, 1.165) is 30.9 Å². The Labute approximate surface area is 206 Å². The molecule has 1 saturated heterocycles. The molecule has 2 aliphatic carbocycles. The van der Waals surface area contributed by atoms with Crippen molar-refractivity contribution in [2.24, 2.45) is 0 Å². The van der Waals surface area contributed by atoms with Gasteiger partial charge in [0, 0.05) is 45.2 Å². The van der Waals surface area contributed by atoms with Crippen molar-refractivity contribution in [1.29, 1.82) is 0 Å². The average Bonchev–Trinajstić information content (AvgIpc) is 3.64. The first-order chi connectivity index (χ1) is 16.8. The van der Waals surface area contributed by atoms with E-state index < -0.39 is 33.5 Å². The van der Waals surface area contributed by atoms with Crippen LogP contribution in [-0.4, -0.2) is 68.2 Å². The van der Waals surface area contributed by atoms with Gasteiger partial charge in [-0.05, 0) is 55.5 Å². The van der Waals surface area contributed by atoms with Gasteiger partial charge in [0.15, 0.2) is 5.60 Å². The van der Waals surface area contributed by atoms with Gasteiger partial charge in [-0.3, -0.25) is 4.90 Å². The zero-order valence-electron chi connectivity index (χ0n) is 19.6. The van der Waals surface area contributed by atoms with Crippen molar-refractivity contribution in [1.82, 2.24) is 9.21 Å². The Morgan fingerprint density at radius 3 is 2.19 bits per heavy atom. The predicted molar refractivity (Wildman–Crippen MR) is 121 cm³/mol. The largest absolute Gasteiger partial charge is 0.421 e. The minimum Gasteiger partial charge on any atom is -0.364 e. The minimum atomic E-state index is -4.65. The molecule has 1 saturated carbocycles. The lowest BCUT2D eigenvalue weighted by Gasteiger charge is -2.39. The van der Waals surface area contributed by atoms with Crippen LogP contribution in [0.15, 0.2) is 53.0 Å². The van der Waals surface area contributed by atoms with E-state index in [9.17, 15) is 34.8 Å². The molecular weight excluding hydrogens is 510 g/mol. The Kier molecular flexibility index (Phi) is 7.37. The fraction of sp³-hybridized carbons (Fsp3) is 0.583. The van der Waals surface area contributed by atoms with E-state index in [0.29, 0.717) is 51.4 Å². The smallest absolute Gasteiger partial charge is 0.364 e. The van der Waals surface area contributed by atoms with E-state index in [1.165, 1.54) is 22.5 Å². The first kappa shape index (κ1) is 27.2. The van der Waals surface area contributed by atoms with Gasteiger partial charge in [-0.25, -0.2) is 8.42 Å². The van der Waals surface area contributed by atoms with Gasteiger partial charge in [0.25, 0.3) is 0 Å². The normalized spacial score (nSPS) is 24.8. The zero-order valence-corrected chi connectivity index (χ0v) is 20.5. The van der Waals surface area contributed by atoms with Gasteiger partial charge in [-0.2, -0.15) is 30.6 Å². The predicted octanol–water partition coefficient (Wildman–Crippen LogP) is 5.16. The first-order valence-corrected chi connectivity index (χ1v) is 13.1. The van der Waals surface area contributed by atoms with E-state index in [4.69, 9.17) is 4.74 Å². The Morgan fingerprint density at radius 1 is 1.06 bits per heavy atom. The molecular formula is C24H28F6N2O3S. The van der Waals surface area contributed by atoms with Crippen LogP contribution in [0.3, 0.4) is 0 Å². The molecule has 0 spiro atoms. The Hall–Kier alpha value is -1.89. The van der Waals surface area contributed by atoms with Crippen LogP contribution in [0.1, 0.15) is 37.7 Å². The van der Waals surface area contributed by atoms with Gasteiger partial charge < -0.3 is 4.74 Å². The summed E-state index contributed by atoms with van der Waals surface area (Å²) in [7, 11) is -3.09. The maximum Gasteiger partial charge on any atom is 0.421 e. The molecule has 0 amide bonds. The number of hydrogen-bond donors (Lipinski definition) is 0. The van der Waals surface area contributed by atoms with Crippen LogP contribution in [0, 0.1) is 0 Å². The summed E-state index contributed by atoms with van der Waals surface area (Å²) in [6.07, 6.45) is -3.24. The van der Waals surface area contributed by atoms with Crippen LogP contribution < -0.4 is 0 Å². The van der Waals surface area contributed by atoms with Crippen LogP contribution in [-0.2, 0) is 20.9 Å². The Bertz CT molecular complexity index is 1120. The SMILES string of the molecule is COC1(C(F)(F)F)C=CC(CN2CCC(N(C3CC3)S(=O)(=O)c3cccc(C(F)(F)F)c3)CC2)=CC1. The summed E-state index contributed by atoms with van der Waals surface area (Å²) in [5.74, 6) is 0. The van der Waals surface area contributed by atoms with E-state index in [1.807, 2.05) is 4.90 Å². The number of methoxy groups -OCH3 is 1. The number of ether oxygens (including phenoxy) is 1. The van der Waals surface area contributed by atoms with Crippen LogP contribution in [0.2, 0.25) is 0 Å². The summed E-state index contributed by atoms with van der Waals surface area (Å²) < 4.78 is 112. The number of rotatable bonds is 7. The van der Waals surface area contributed by atoms with Crippen molar-refractivity contribution in [2.75, 3.05) is 26.7 Å². The molecule has 4 rings (SSSR count). The fourth-order valence-electron chi connectivity index (χ4n) is 4.82. The van der Waals surface area contributed by atoms with Gasteiger partial charge in [0.1, 0.15) is 0 Å². The molecule has 0 bridgehead atoms. The van der Waals surface area contributed by atoms with Gasteiger partial charge in [-0.1, -0.05) is 18.2 Å². The van der Waals surface area contributed by atoms with Crippen LogP contribution >= 0.6 is 0 Å². The average molecular weight is 539 g/mol. The number of likely N-dealkylation sites (tertiary alicyclic amines) is 1. The highest BCUT2D eigenvalue weighted by molar-refractivity contribution is 7.89. The fourth-order valence-corrected chi connectivity index (χ4v) is 6.80. The van der Waals surface area contributed by atoms with Crippen molar-refractivity contribution in [2.45, 2.75) is 67.0 Å².